The second-order valence-electron chi connectivity index (χ2n) is 6.22. The minimum Gasteiger partial charge on any atom is -0.426 e. The smallest absolute Gasteiger partial charge is 0.222 e. The highest BCUT2D eigenvalue weighted by molar-refractivity contribution is 6.42. The van der Waals surface area contributed by atoms with Gasteiger partial charge in [0.25, 0.3) is 0 Å². The highest BCUT2D eigenvalue weighted by Crippen LogP contribution is 2.33. The lowest BCUT2D eigenvalue weighted by Crippen LogP contribution is -2.06. The number of rotatable bonds is 3. The van der Waals surface area contributed by atoms with Crippen LogP contribution in [0.2, 0.25) is 10.0 Å². The zero-order valence-electron chi connectivity index (χ0n) is 14.8. The van der Waals surface area contributed by atoms with E-state index in [1.165, 1.54) is 0 Å². The van der Waals surface area contributed by atoms with Crippen molar-refractivity contribution >= 4 is 46.0 Å². The van der Waals surface area contributed by atoms with Crippen molar-refractivity contribution in [1.82, 2.24) is 19.7 Å². The molecule has 0 bridgehead atoms. The van der Waals surface area contributed by atoms with Gasteiger partial charge in [-0.1, -0.05) is 36.2 Å². The Bertz CT molecular complexity index is 1220. The molecule has 7 nitrogen and oxygen atoms in total. The number of fused-ring (bicyclic) bond motifs is 1. The molecular weight excluding hydrogens is 399 g/mol. The lowest BCUT2D eigenvalue weighted by molar-refractivity contribution is 0.203. The topological polar surface area (TPSA) is 116 Å². The van der Waals surface area contributed by atoms with E-state index >= 15 is 0 Å². The first kappa shape index (κ1) is 18.3. The molecule has 0 aliphatic rings. The summed E-state index contributed by atoms with van der Waals surface area (Å²) in [6.45, 7) is 1.96. The van der Waals surface area contributed by atoms with E-state index in [0.717, 1.165) is 16.0 Å². The van der Waals surface area contributed by atoms with E-state index in [2.05, 4.69) is 15.0 Å². The van der Waals surface area contributed by atoms with Crippen LogP contribution in [0, 0.1) is 0 Å². The van der Waals surface area contributed by atoms with E-state index in [0.29, 0.717) is 44.5 Å². The van der Waals surface area contributed by atoms with Crippen LogP contribution in [0.3, 0.4) is 0 Å². The van der Waals surface area contributed by atoms with Gasteiger partial charge in [-0.05, 0) is 42.3 Å². The zero-order chi connectivity index (χ0) is 20.0. The van der Waals surface area contributed by atoms with Crippen molar-refractivity contribution < 1.29 is 5.21 Å². The number of anilines is 2. The van der Waals surface area contributed by atoms with Gasteiger partial charge >= 0.3 is 0 Å². The minimum atomic E-state index is 0.133. The Morgan fingerprint density at radius 1 is 0.964 bits per heavy atom. The Morgan fingerprint density at radius 3 is 2.43 bits per heavy atom. The third-order valence-electron chi connectivity index (χ3n) is 4.46. The van der Waals surface area contributed by atoms with E-state index in [-0.39, 0.29) is 11.8 Å². The largest absolute Gasteiger partial charge is 0.426 e. The van der Waals surface area contributed by atoms with Crippen molar-refractivity contribution in [2.75, 3.05) is 11.5 Å². The molecular formula is C19H16Cl2N6O. The maximum Gasteiger partial charge on any atom is 0.222 e. The lowest BCUT2D eigenvalue weighted by atomic mass is 10.0. The van der Waals surface area contributed by atoms with Gasteiger partial charge in [0.1, 0.15) is 11.3 Å². The van der Waals surface area contributed by atoms with Gasteiger partial charge in [-0.15, -0.1) is 0 Å². The number of halogens is 2. The van der Waals surface area contributed by atoms with Gasteiger partial charge in [0.05, 0.1) is 21.3 Å². The third kappa shape index (κ3) is 2.98. The first-order valence-electron chi connectivity index (χ1n) is 8.48. The van der Waals surface area contributed by atoms with Crippen LogP contribution in [0.5, 0.6) is 0 Å². The number of benzene rings is 2. The van der Waals surface area contributed by atoms with Crippen LogP contribution in [0.15, 0.2) is 36.4 Å². The maximum absolute atomic E-state index is 10.7. The molecule has 0 atom stereocenters. The van der Waals surface area contributed by atoms with E-state index in [1.54, 1.807) is 30.3 Å². The normalized spacial score (nSPS) is 11.2. The molecule has 142 valence electrons. The molecule has 2 aromatic heterocycles. The number of hydrogen-bond acceptors (Lipinski definition) is 6. The van der Waals surface area contributed by atoms with Crippen LogP contribution in [-0.4, -0.2) is 24.9 Å². The zero-order valence-corrected chi connectivity index (χ0v) is 16.3. The van der Waals surface area contributed by atoms with Gasteiger partial charge in [-0.3, -0.25) is 0 Å². The Balaban J connectivity index is 1.89. The standard InChI is InChI=1S/C19H16Cl2N6O/c1-2-13-16(17(22)26-19(23)25-13)9-4-6-14-15(8-9)27(28)18(24-14)10-3-5-11(20)12(21)7-10/h3-8,28H,2H2,1H3,(H4,22,23,25,26). The molecule has 0 radical (unpaired) electrons. The number of nitrogens with zero attached hydrogens (tertiary/aromatic N) is 4. The first-order valence-corrected chi connectivity index (χ1v) is 9.24. The van der Waals surface area contributed by atoms with Crippen LogP contribution < -0.4 is 11.5 Å². The second kappa shape index (κ2) is 6.85. The van der Waals surface area contributed by atoms with E-state index < -0.39 is 0 Å². The summed E-state index contributed by atoms with van der Waals surface area (Å²) in [5.74, 6) is 0.772. The average molecular weight is 415 g/mol. The Morgan fingerprint density at radius 2 is 1.71 bits per heavy atom. The van der Waals surface area contributed by atoms with Crippen molar-refractivity contribution in [2.45, 2.75) is 13.3 Å². The van der Waals surface area contributed by atoms with Crippen LogP contribution >= 0.6 is 23.2 Å². The molecule has 28 heavy (non-hydrogen) atoms. The Kier molecular flexibility index (Phi) is 4.49. The molecule has 4 aromatic rings. The minimum absolute atomic E-state index is 0.133. The molecule has 5 N–H and O–H groups in total. The van der Waals surface area contributed by atoms with Crippen molar-refractivity contribution in [2.24, 2.45) is 0 Å². The number of nitrogens with two attached hydrogens (primary N) is 2. The number of nitrogen functional groups attached to an aromatic ring is 2. The summed E-state index contributed by atoms with van der Waals surface area (Å²) in [5, 5.41) is 11.5. The number of aromatic nitrogens is 4. The fourth-order valence-corrected chi connectivity index (χ4v) is 3.46. The molecule has 9 heteroatoms. The molecule has 2 heterocycles. The Labute approximate surface area is 170 Å². The van der Waals surface area contributed by atoms with Gasteiger partial charge < -0.3 is 16.7 Å². The highest BCUT2D eigenvalue weighted by atomic mass is 35.5. The summed E-state index contributed by atoms with van der Waals surface area (Å²) in [6, 6.07) is 10.5. The number of hydrogen-bond donors (Lipinski definition) is 3. The second-order valence-corrected chi connectivity index (χ2v) is 7.04. The average Bonchev–Trinajstić information content (AvgIpc) is 2.99. The van der Waals surface area contributed by atoms with E-state index in [4.69, 9.17) is 34.7 Å². The van der Waals surface area contributed by atoms with Crippen LogP contribution in [0.4, 0.5) is 11.8 Å². The molecule has 0 fully saturated rings. The van der Waals surface area contributed by atoms with Crippen molar-refractivity contribution in [3.05, 3.63) is 52.1 Å². The molecule has 0 saturated carbocycles. The lowest BCUT2D eigenvalue weighted by Gasteiger charge is -2.11. The SMILES string of the molecule is CCc1nc(N)nc(N)c1-c1ccc2nc(-c3ccc(Cl)c(Cl)c3)n(O)c2c1. The first-order chi connectivity index (χ1) is 13.4. The monoisotopic (exact) mass is 414 g/mol. The van der Waals surface area contributed by atoms with Crippen LogP contribution in [0.1, 0.15) is 12.6 Å². The quantitative estimate of drug-likeness (QED) is 0.426. The summed E-state index contributed by atoms with van der Waals surface area (Å²) in [5.41, 5.74) is 15.8. The van der Waals surface area contributed by atoms with Crippen molar-refractivity contribution in [3.63, 3.8) is 0 Å². The summed E-state index contributed by atoms with van der Waals surface area (Å²) < 4.78 is 1.01. The number of imidazole rings is 1. The third-order valence-corrected chi connectivity index (χ3v) is 5.20. The summed E-state index contributed by atoms with van der Waals surface area (Å²) in [6.07, 6.45) is 0.636. The van der Waals surface area contributed by atoms with Gasteiger partial charge in [0, 0.05) is 11.1 Å². The van der Waals surface area contributed by atoms with E-state index in [9.17, 15) is 5.21 Å². The van der Waals surface area contributed by atoms with Crippen molar-refractivity contribution in [1.29, 1.82) is 0 Å². The Hall–Kier alpha value is -3.03. The molecule has 2 aromatic carbocycles. The fraction of sp³-hybridized carbons (Fsp3) is 0.105. The van der Waals surface area contributed by atoms with Gasteiger partial charge in [0.2, 0.25) is 5.95 Å². The molecule has 0 aliphatic heterocycles. The predicted octanol–water partition coefficient (Wildman–Crippen LogP) is 4.43. The fourth-order valence-electron chi connectivity index (χ4n) is 3.16. The van der Waals surface area contributed by atoms with Gasteiger partial charge in [-0.25, -0.2) is 9.97 Å². The predicted molar refractivity (Wildman–Crippen MR) is 112 cm³/mol. The van der Waals surface area contributed by atoms with Gasteiger partial charge in [-0.2, -0.15) is 9.71 Å². The molecule has 0 aliphatic carbocycles. The van der Waals surface area contributed by atoms with Crippen LogP contribution in [0.25, 0.3) is 33.5 Å². The highest BCUT2D eigenvalue weighted by Gasteiger charge is 2.17. The molecule has 0 saturated heterocycles. The molecule has 0 amide bonds. The summed E-state index contributed by atoms with van der Waals surface area (Å²) >= 11 is 12.1. The van der Waals surface area contributed by atoms with E-state index in [1.807, 2.05) is 13.0 Å². The van der Waals surface area contributed by atoms with Gasteiger partial charge in [0.15, 0.2) is 5.82 Å². The molecule has 4 rings (SSSR count). The molecule has 0 unspecified atom stereocenters. The summed E-state index contributed by atoms with van der Waals surface area (Å²) in [7, 11) is 0. The molecule has 0 spiro atoms. The number of aryl methyl sites for hydroxylation is 1. The van der Waals surface area contributed by atoms with Crippen molar-refractivity contribution in [3.8, 4) is 22.5 Å². The van der Waals surface area contributed by atoms with Crippen LogP contribution in [-0.2, 0) is 6.42 Å². The maximum atomic E-state index is 10.7. The summed E-state index contributed by atoms with van der Waals surface area (Å²) in [4.78, 5) is 12.8.